The van der Waals surface area contributed by atoms with E-state index in [9.17, 15) is 4.39 Å². The third-order valence-electron chi connectivity index (χ3n) is 3.41. The molecule has 1 aromatic rings. The first kappa shape index (κ1) is 15.0. The first-order valence-electron chi connectivity index (χ1n) is 6.53. The molecular formula is C14H18Cl2FNO. The Kier molecular flexibility index (Phi) is 5.89. The van der Waals surface area contributed by atoms with E-state index in [1.165, 1.54) is 6.07 Å². The van der Waals surface area contributed by atoms with Gasteiger partial charge in [-0.1, -0.05) is 17.7 Å². The molecule has 2 rings (SSSR count). The molecule has 0 radical (unpaired) electrons. The average molecular weight is 306 g/mol. The molecule has 0 N–H and O–H groups in total. The molecule has 0 spiro atoms. The molecule has 1 fully saturated rings. The van der Waals surface area contributed by atoms with Crippen LogP contribution in [0.15, 0.2) is 18.2 Å². The van der Waals surface area contributed by atoms with Gasteiger partial charge in [-0.15, -0.1) is 11.6 Å². The number of halogens is 3. The molecule has 0 aliphatic carbocycles. The van der Waals surface area contributed by atoms with Crippen LogP contribution in [0.25, 0.3) is 0 Å². The lowest BCUT2D eigenvalue weighted by Gasteiger charge is -2.32. The minimum Gasteiger partial charge on any atom is -0.377 e. The second-order valence-corrected chi connectivity index (χ2v) is 5.52. The third-order valence-corrected chi connectivity index (χ3v) is 3.92. The summed E-state index contributed by atoms with van der Waals surface area (Å²) in [4.78, 5) is 2.21. The highest BCUT2D eigenvalue weighted by Gasteiger charge is 2.21. The van der Waals surface area contributed by atoms with Crippen molar-refractivity contribution in [2.75, 3.05) is 25.6 Å². The third kappa shape index (κ3) is 4.32. The topological polar surface area (TPSA) is 12.5 Å². The molecule has 106 valence electrons. The van der Waals surface area contributed by atoms with Crippen molar-refractivity contribution in [3.05, 3.63) is 34.6 Å². The average Bonchev–Trinajstić information content (AvgIpc) is 2.42. The Hall–Kier alpha value is -0.350. The fourth-order valence-corrected chi connectivity index (χ4v) is 2.66. The summed E-state index contributed by atoms with van der Waals surface area (Å²) in [5.41, 5.74) is 0.587. The normalized spacial score (nSPS) is 17.8. The van der Waals surface area contributed by atoms with Gasteiger partial charge in [-0.3, -0.25) is 4.90 Å². The van der Waals surface area contributed by atoms with Crippen molar-refractivity contribution in [1.29, 1.82) is 0 Å². The van der Waals surface area contributed by atoms with Gasteiger partial charge in [0.25, 0.3) is 0 Å². The molecule has 1 aliphatic heterocycles. The van der Waals surface area contributed by atoms with E-state index in [0.29, 0.717) is 29.6 Å². The molecule has 5 heteroatoms. The van der Waals surface area contributed by atoms with Gasteiger partial charge >= 0.3 is 0 Å². The molecule has 1 heterocycles. The Morgan fingerprint density at radius 1 is 1.32 bits per heavy atom. The molecule has 1 aromatic carbocycles. The lowest BCUT2D eigenvalue weighted by atomic mass is 10.1. The van der Waals surface area contributed by atoms with Crippen molar-refractivity contribution < 1.29 is 9.13 Å². The molecule has 0 atom stereocenters. The van der Waals surface area contributed by atoms with Crippen LogP contribution in [0.1, 0.15) is 18.4 Å². The summed E-state index contributed by atoms with van der Waals surface area (Å²) < 4.78 is 19.3. The summed E-state index contributed by atoms with van der Waals surface area (Å²) in [6.45, 7) is 2.97. The van der Waals surface area contributed by atoms with Crippen LogP contribution < -0.4 is 0 Å². The number of alkyl halides is 1. The quantitative estimate of drug-likeness (QED) is 0.769. The lowest BCUT2D eigenvalue weighted by molar-refractivity contribution is 0.0133. The number of hydrogen-bond acceptors (Lipinski definition) is 2. The Bertz CT molecular complexity index is 388. The molecule has 0 aromatic heterocycles. The van der Waals surface area contributed by atoms with Gasteiger partial charge < -0.3 is 4.74 Å². The Morgan fingerprint density at radius 2 is 2.05 bits per heavy atom. The van der Waals surface area contributed by atoms with Crippen LogP contribution in [0.5, 0.6) is 0 Å². The van der Waals surface area contributed by atoms with Crippen molar-refractivity contribution in [1.82, 2.24) is 4.90 Å². The number of hydrogen-bond donors (Lipinski definition) is 0. The van der Waals surface area contributed by atoms with Crippen LogP contribution in [-0.4, -0.2) is 36.6 Å². The number of rotatable bonds is 5. The summed E-state index contributed by atoms with van der Waals surface area (Å²) in [5.74, 6) is 0.304. The second-order valence-electron chi connectivity index (χ2n) is 4.74. The van der Waals surface area contributed by atoms with Crippen LogP contribution in [0.4, 0.5) is 4.39 Å². The highest BCUT2D eigenvalue weighted by molar-refractivity contribution is 6.31. The highest BCUT2D eigenvalue weighted by Crippen LogP contribution is 2.23. The molecule has 19 heavy (non-hydrogen) atoms. The number of ether oxygens (including phenoxy) is 1. The molecular weight excluding hydrogens is 288 g/mol. The maximum absolute atomic E-state index is 13.7. The molecule has 0 saturated carbocycles. The molecule has 1 saturated heterocycles. The lowest BCUT2D eigenvalue weighted by Crippen LogP contribution is -2.37. The second kappa shape index (κ2) is 7.44. The van der Waals surface area contributed by atoms with Gasteiger partial charge in [-0.2, -0.15) is 0 Å². The first-order chi connectivity index (χ1) is 9.20. The van der Waals surface area contributed by atoms with E-state index in [-0.39, 0.29) is 11.9 Å². The Balaban J connectivity index is 1.85. The predicted molar refractivity (Wildman–Crippen MR) is 76.4 cm³/mol. The molecule has 0 bridgehead atoms. The highest BCUT2D eigenvalue weighted by atomic mass is 35.5. The summed E-state index contributed by atoms with van der Waals surface area (Å²) in [5, 5.41) is 0.500. The van der Waals surface area contributed by atoms with E-state index < -0.39 is 0 Å². The number of likely N-dealkylation sites (tertiary alicyclic amines) is 1. The van der Waals surface area contributed by atoms with Crippen molar-refractivity contribution in [2.45, 2.75) is 25.5 Å². The van der Waals surface area contributed by atoms with Crippen LogP contribution in [0.3, 0.4) is 0 Å². The fraction of sp³-hybridized carbons (Fsp3) is 0.571. The van der Waals surface area contributed by atoms with Crippen molar-refractivity contribution in [3.63, 3.8) is 0 Å². The van der Waals surface area contributed by atoms with Crippen LogP contribution in [0.2, 0.25) is 5.02 Å². The number of nitrogens with zero attached hydrogens (tertiary/aromatic N) is 1. The minimum absolute atomic E-state index is 0.229. The SMILES string of the molecule is Fc1cccc(Cl)c1CN1CCC(OCCCl)CC1. The summed E-state index contributed by atoms with van der Waals surface area (Å²) in [7, 11) is 0. The van der Waals surface area contributed by atoms with Gasteiger partial charge in [0, 0.05) is 36.1 Å². The number of piperidine rings is 1. The van der Waals surface area contributed by atoms with E-state index in [2.05, 4.69) is 4.90 Å². The van der Waals surface area contributed by atoms with Gasteiger partial charge in [0.1, 0.15) is 5.82 Å². The zero-order valence-electron chi connectivity index (χ0n) is 10.7. The van der Waals surface area contributed by atoms with Gasteiger partial charge in [-0.05, 0) is 25.0 Å². The van der Waals surface area contributed by atoms with E-state index >= 15 is 0 Å². The van der Waals surface area contributed by atoms with Gasteiger partial charge in [-0.25, -0.2) is 4.39 Å². The Morgan fingerprint density at radius 3 is 2.68 bits per heavy atom. The van der Waals surface area contributed by atoms with Gasteiger partial charge in [0.05, 0.1) is 12.7 Å². The smallest absolute Gasteiger partial charge is 0.129 e. The Labute approximate surface area is 123 Å². The van der Waals surface area contributed by atoms with Gasteiger partial charge in [0.15, 0.2) is 0 Å². The zero-order chi connectivity index (χ0) is 13.7. The van der Waals surface area contributed by atoms with Crippen molar-refractivity contribution in [2.24, 2.45) is 0 Å². The fourth-order valence-electron chi connectivity index (χ4n) is 2.35. The van der Waals surface area contributed by atoms with E-state index in [4.69, 9.17) is 27.9 Å². The summed E-state index contributed by atoms with van der Waals surface area (Å²) in [6, 6.07) is 4.82. The largest absolute Gasteiger partial charge is 0.377 e. The van der Waals surface area contributed by atoms with Crippen molar-refractivity contribution in [3.8, 4) is 0 Å². The zero-order valence-corrected chi connectivity index (χ0v) is 12.3. The summed E-state index contributed by atoms with van der Waals surface area (Å²) >= 11 is 11.6. The van der Waals surface area contributed by atoms with E-state index in [1.54, 1.807) is 12.1 Å². The van der Waals surface area contributed by atoms with Gasteiger partial charge in [0.2, 0.25) is 0 Å². The van der Waals surface area contributed by atoms with E-state index in [0.717, 1.165) is 25.9 Å². The number of benzene rings is 1. The molecule has 2 nitrogen and oxygen atoms in total. The monoisotopic (exact) mass is 305 g/mol. The molecule has 0 amide bonds. The first-order valence-corrected chi connectivity index (χ1v) is 7.44. The molecule has 0 unspecified atom stereocenters. The molecule has 1 aliphatic rings. The maximum Gasteiger partial charge on any atom is 0.129 e. The van der Waals surface area contributed by atoms with E-state index in [1.807, 2.05) is 0 Å². The maximum atomic E-state index is 13.7. The minimum atomic E-state index is -0.229. The van der Waals surface area contributed by atoms with Crippen molar-refractivity contribution >= 4 is 23.2 Å². The predicted octanol–water partition coefficient (Wildman–Crippen LogP) is 3.70. The van der Waals surface area contributed by atoms with Crippen LogP contribution in [-0.2, 0) is 11.3 Å². The van der Waals surface area contributed by atoms with Crippen LogP contribution in [0, 0.1) is 5.82 Å². The standard InChI is InChI=1S/C14H18Cl2FNO/c15-6-9-19-11-4-7-18(8-5-11)10-12-13(16)2-1-3-14(12)17/h1-3,11H,4-10H2. The van der Waals surface area contributed by atoms with Crippen LogP contribution >= 0.6 is 23.2 Å². The summed E-state index contributed by atoms with van der Waals surface area (Å²) in [6.07, 6.45) is 2.21.